The smallest absolute Gasteiger partial charge is 0.326 e. The Balaban J connectivity index is 2.60. The van der Waals surface area contributed by atoms with Crippen molar-refractivity contribution in [1.82, 2.24) is 4.90 Å². The van der Waals surface area contributed by atoms with E-state index < -0.39 is 17.9 Å². The van der Waals surface area contributed by atoms with Gasteiger partial charge in [0.25, 0.3) is 5.91 Å². The van der Waals surface area contributed by atoms with Crippen LogP contribution in [0.3, 0.4) is 0 Å². The van der Waals surface area contributed by atoms with E-state index in [1.807, 2.05) is 0 Å². The zero-order valence-electron chi connectivity index (χ0n) is 10.9. The number of benzene rings is 1. The first kappa shape index (κ1) is 14.8. The number of phenolic OH excluding ortho intramolecular Hbond substituents is 1. The summed E-state index contributed by atoms with van der Waals surface area (Å²) in [5, 5.41) is 18.4. The minimum Gasteiger partial charge on any atom is -0.504 e. The van der Waals surface area contributed by atoms with E-state index in [-0.39, 0.29) is 18.1 Å². The predicted molar refractivity (Wildman–Crippen MR) is 68.1 cm³/mol. The van der Waals surface area contributed by atoms with Crippen molar-refractivity contribution in [3.8, 4) is 11.5 Å². The number of carboxylic acids is 1. The van der Waals surface area contributed by atoms with Crippen molar-refractivity contribution in [2.24, 2.45) is 0 Å². The number of carboxylic acid groups (broad SMARTS) is 1. The third-order valence-electron chi connectivity index (χ3n) is 2.75. The van der Waals surface area contributed by atoms with Crippen LogP contribution in [-0.4, -0.2) is 46.7 Å². The van der Waals surface area contributed by atoms with Gasteiger partial charge in [0.15, 0.2) is 18.1 Å². The van der Waals surface area contributed by atoms with Crippen molar-refractivity contribution < 1.29 is 24.5 Å². The summed E-state index contributed by atoms with van der Waals surface area (Å²) in [7, 11) is 1.42. The monoisotopic (exact) mass is 267 g/mol. The van der Waals surface area contributed by atoms with Crippen molar-refractivity contribution >= 4 is 11.9 Å². The molecule has 0 aromatic heterocycles. The summed E-state index contributed by atoms with van der Waals surface area (Å²) < 4.78 is 5.16. The summed E-state index contributed by atoms with van der Waals surface area (Å²) in [6.45, 7) is 1.37. The molecule has 1 amide bonds. The minimum atomic E-state index is -1.05. The molecule has 6 nitrogen and oxygen atoms in total. The maximum atomic E-state index is 11.8. The van der Waals surface area contributed by atoms with Gasteiger partial charge in [0.1, 0.15) is 6.04 Å². The van der Waals surface area contributed by atoms with Crippen LogP contribution in [-0.2, 0) is 9.59 Å². The molecule has 6 heteroatoms. The third kappa shape index (κ3) is 3.87. The average molecular weight is 267 g/mol. The molecule has 1 aromatic carbocycles. The number of aromatic hydroxyl groups is 1. The van der Waals surface area contributed by atoms with Crippen LogP contribution >= 0.6 is 0 Å². The van der Waals surface area contributed by atoms with Gasteiger partial charge in [-0.25, -0.2) is 4.79 Å². The number of rotatable bonds is 6. The van der Waals surface area contributed by atoms with Gasteiger partial charge in [0, 0.05) is 7.05 Å². The minimum absolute atomic E-state index is 0.0665. The van der Waals surface area contributed by atoms with Crippen molar-refractivity contribution in [2.45, 2.75) is 19.4 Å². The molecule has 0 aliphatic rings. The SMILES string of the molecule is CCC(C(=O)O)N(C)C(=O)COc1ccccc1O. The van der Waals surface area contributed by atoms with Crippen LogP contribution in [0, 0.1) is 0 Å². The van der Waals surface area contributed by atoms with Crippen LogP contribution in [0.15, 0.2) is 24.3 Å². The third-order valence-corrected chi connectivity index (χ3v) is 2.75. The second-order valence-corrected chi connectivity index (χ2v) is 4.02. The maximum Gasteiger partial charge on any atom is 0.326 e. The molecule has 2 N–H and O–H groups in total. The highest BCUT2D eigenvalue weighted by Gasteiger charge is 2.24. The van der Waals surface area contributed by atoms with Gasteiger partial charge in [0.05, 0.1) is 0 Å². The summed E-state index contributed by atoms with van der Waals surface area (Å²) in [5.74, 6) is -1.39. The van der Waals surface area contributed by atoms with Crippen molar-refractivity contribution in [1.29, 1.82) is 0 Å². The van der Waals surface area contributed by atoms with Crippen molar-refractivity contribution in [3.05, 3.63) is 24.3 Å². The number of para-hydroxylation sites is 2. The Morgan fingerprint density at radius 2 is 2.00 bits per heavy atom. The topological polar surface area (TPSA) is 87.1 Å². The second-order valence-electron chi connectivity index (χ2n) is 4.02. The number of carbonyl (C=O) groups excluding carboxylic acids is 1. The van der Waals surface area contributed by atoms with Crippen LogP contribution in [0.5, 0.6) is 11.5 Å². The lowest BCUT2D eigenvalue weighted by atomic mass is 10.2. The molecule has 0 radical (unpaired) electrons. The molecular formula is C13H17NO5. The summed E-state index contributed by atoms with van der Waals surface area (Å²) in [6, 6.07) is 5.39. The Hall–Kier alpha value is -2.24. The molecule has 104 valence electrons. The number of ether oxygens (including phenoxy) is 1. The number of hydrogen-bond donors (Lipinski definition) is 2. The molecule has 0 bridgehead atoms. The number of nitrogens with zero attached hydrogens (tertiary/aromatic N) is 1. The molecule has 1 atom stereocenters. The Kier molecular flexibility index (Phi) is 5.17. The summed E-state index contributed by atoms with van der Waals surface area (Å²) in [5.41, 5.74) is 0. The molecule has 0 saturated carbocycles. The Morgan fingerprint density at radius 1 is 1.37 bits per heavy atom. The Morgan fingerprint density at radius 3 is 2.53 bits per heavy atom. The first-order chi connectivity index (χ1) is 8.97. The van der Waals surface area contributed by atoms with Gasteiger partial charge in [-0.05, 0) is 18.6 Å². The van der Waals surface area contributed by atoms with Crippen LogP contribution in [0.2, 0.25) is 0 Å². The lowest BCUT2D eigenvalue weighted by Crippen LogP contribution is -2.44. The molecule has 0 fully saturated rings. The number of amides is 1. The van der Waals surface area contributed by atoms with E-state index in [0.717, 1.165) is 4.90 Å². The molecule has 0 spiro atoms. The highest BCUT2D eigenvalue weighted by Crippen LogP contribution is 2.24. The lowest BCUT2D eigenvalue weighted by molar-refractivity contribution is -0.149. The Bertz CT molecular complexity index is 460. The molecule has 0 saturated heterocycles. The van der Waals surface area contributed by atoms with Gasteiger partial charge in [-0.15, -0.1) is 0 Å². The number of phenols is 1. The summed E-state index contributed by atoms with van der Waals surface area (Å²) in [6.07, 6.45) is 0.314. The van der Waals surface area contributed by atoms with E-state index in [2.05, 4.69) is 0 Å². The normalized spacial score (nSPS) is 11.7. The van der Waals surface area contributed by atoms with Gasteiger partial charge in [-0.2, -0.15) is 0 Å². The fourth-order valence-electron chi connectivity index (χ4n) is 1.61. The molecule has 1 aromatic rings. The summed E-state index contributed by atoms with van der Waals surface area (Å²) >= 11 is 0. The number of hydrogen-bond acceptors (Lipinski definition) is 4. The van der Waals surface area contributed by atoms with Gasteiger partial charge in [-0.3, -0.25) is 4.79 Å². The van der Waals surface area contributed by atoms with Crippen molar-refractivity contribution in [3.63, 3.8) is 0 Å². The average Bonchev–Trinajstić information content (AvgIpc) is 2.37. The van der Waals surface area contributed by atoms with E-state index in [4.69, 9.17) is 9.84 Å². The quantitative estimate of drug-likeness (QED) is 0.805. The molecule has 1 rings (SSSR count). The highest BCUT2D eigenvalue weighted by atomic mass is 16.5. The van der Waals surface area contributed by atoms with E-state index in [9.17, 15) is 14.7 Å². The van der Waals surface area contributed by atoms with Crippen LogP contribution < -0.4 is 4.74 Å². The number of likely N-dealkylation sites (N-methyl/N-ethyl adjacent to an activating group) is 1. The van der Waals surface area contributed by atoms with Gasteiger partial charge >= 0.3 is 5.97 Å². The Labute approximate surface area is 111 Å². The maximum absolute atomic E-state index is 11.8. The van der Waals surface area contributed by atoms with Crippen LogP contribution in [0.25, 0.3) is 0 Å². The van der Waals surface area contributed by atoms with Crippen LogP contribution in [0.4, 0.5) is 0 Å². The van der Waals surface area contributed by atoms with Gasteiger partial charge in [0.2, 0.25) is 0 Å². The fourth-order valence-corrected chi connectivity index (χ4v) is 1.61. The van der Waals surface area contributed by atoms with E-state index in [1.165, 1.54) is 19.2 Å². The standard InChI is InChI=1S/C13H17NO5/c1-3-9(13(17)18)14(2)12(16)8-19-11-7-5-4-6-10(11)15/h4-7,9,15H,3,8H2,1-2H3,(H,17,18). The largest absolute Gasteiger partial charge is 0.504 e. The predicted octanol–water partition coefficient (Wildman–Crippen LogP) is 1.09. The molecule has 0 aliphatic heterocycles. The van der Waals surface area contributed by atoms with Gasteiger partial charge < -0.3 is 19.8 Å². The fraction of sp³-hybridized carbons (Fsp3) is 0.385. The van der Waals surface area contributed by atoms with Crippen LogP contribution in [0.1, 0.15) is 13.3 Å². The molecule has 0 aliphatic carbocycles. The van der Waals surface area contributed by atoms with Gasteiger partial charge in [-0.1, -0.05) is 19.1 Å². The van der Waals surface area contributed by atoms with E-state index in [1.54, 1.807) is 19.1 Å². The number of aliphatic carboxylic acids is 1. The van der Waals surface area contributed by atoms with Crippen molar-refractivity contribution in [2.75, 3.05) is 13.7 Å². The first-order valence-electron chi connectivity index (χ1n) is 5.86. The molecule has 19 heavy (non-hydrogen) atoms. The lowest BCUT2D eigenvalue weighted by Gasteiger charge is -2.23. The zero-order chi connectivity index (χ0) is 14.4. The highest BCUT2D eigenvalue weighted by molar-refractivity contribution is 5.84. The zero-order valence-corrected chi connectivity index (χ0v) is 10.9. The number of carbonyl (C=O) groups is 2. The molecule has 0 heterocycles. The summed E-state index contributed by atoms with van der Waals surface area (Å²) in [4.78, 5) is 23.8. The van der Waals surface area contributed by atoms with E-state index in [0.29, 0.717) is 6.42 Å². The first-order valence-corrected chi connectivity index (χ1v) is 5.86. The molecule has 1 unspecified atom stereocenters. The molecular weight excluding hydrogens is 250 g/mol. The second kappa shape index (κ2) is 6.63. The van der Waals surface area contributed by atoms with E-state index >= 15 is 0 Å².